The summed E-state index contributed by atoms with van der Waals surface area (Å²) in [4.78, 5) is 14.5. The summed E-state index contributed by atoms with van der Waals surface area (Å²) in [5.41, 5.74) is 1.37. The highest BCUT2D eigenvalue weighted by Gasteiger charge is 2.23. The summed E-state index contributed by atoms with van der Waals surface area (Å²) in [5, 5.41) is 5.44. The first kappa shape index (κ1) is 16.5. The van der Waals surface area contributed by atoms with Gasteiger partial charge in [-0.15, -0.1) is 0 Å². The Hall–Kier alpha value is -2.40. The number of para-hydroxylation sites is 1. The van der Waals surface area contributed by atoms with Crippen molar-refractivity contribution >= 4 is 11.7 Å². The lowest BCUT2D eigenvalue weighted by Crippen LogP contribution is -2.38. The van der Waals surface area contributed by atoms with Crippen LogP contribution in [0, 0.1) is 5.82 Å². The normalized spacial score (nSPS) is 15.9. The van der Waals surface area contributed by atoms with E-state index < -0.39 is 5.82 Å². The van der Waals surface area contributed by atoms with Crippen molar-refractivity contribution in [1.29, 1.82) is 0 Å². The van der Waals surface area contributed by atoms with Crippen molar-refractivity contribution in [3.8, 4) is 0 Å². The fourth-order valence-electron chi connectivity index (χ4n) is 3.10. The van der Waals surface area contributed by atoms with Crippen molar-refractivity contribution in [1.82, 2.24) is 10.2 Å². The van der Waals surface area contributed by atoms with E-state index in [0.29, 0.717) is 6.54 Å². The van der Waals surface area contributed by atoms with Gasteiger partial charge in [-0.2, -0.15) is 0 Å². The monoisotopic (exact) mass is 327 g/mol. The standard InChI is InChI=1S/C19H22FN3O/c20-16-10-4-5-11-17(16)22-19(24)21-14-18(23-12-6-7-13-23)15-8-2-1-3-9-15/h1-5,8-11,18H,6-7,12-14H2,(H2,21,22,24)/t18-/m0/s1. The zero-order valence-corrected chi connectivity index (χ0v) is 13.5. The summed E-state index contributed by atoms with van der Waals surface area (Å²) >= 11 is 0. The van der Waals surface area contributed by atoms with E-state index in [0.717, 1.165) is 13.1 Å². The number of halogens is 1. The van der Waals surface area contributed by atoms with Gasteiger partial charge in [0.15, 0.2) is 0 Å². The van der Waals surface area contributed by atoms with Gasteiger partial charge in [0.1, 0.15) is 5.82 Å². The zero-order chi connectivity index (χ0) is 16.8. The van der Waals surface area contributed by atoms with Gasteiger partial charge >= 0.3 is 6.03 Å². The van der Waals surface area contributed by atoms with E-state index >= 15 is 0 Å². The molecule has 2 aromatic carbocycles. The molecule has 1 atom stereocenters. The lowest BCUT2D eigenvalue weighted by molar-refractivity contribution is 0.227. The van der Waals surface area contributed by atoms with Gasteiger partial charge in [-0.1, -0.05) is 42.5 Å². The van der Waals surface area contributed by atoms with Crippen LogP contribution in [0.1, 0.15) is 24.4 Å². The third kappa shape index (κ3) is 4.11. The Morgan fingerprint density at radius 1 is 1.04 bits per heavy atom. The van der Waals surface area contributed by atoms with Gasteiger partial charge in [0.25, 0.3) is 0 Å². The minimum Gasteiger partial charge on any atom is -0.336 e. The molecule has 2 aromatic rings. The SMILES string of the molecule is O=C(NC[C@@H](c1ccccc1)N1CCCC1)Nc1ccccc1F. The van der Waals surface area contributed by atoms with Crippen LogP contribution in [0.3, 0.4) is 0 Å². The summed E-state index contributed by atoms with van der Waals surface area (Å²) in [6.45, 7) is 2.57. The number of nitrogens with zero attached hydrogens (tertiary/aromatic N) is 1. The van der Waals surface area contributed by atoms with Crippen LogP contribution in [0.5, 0.6) is 0 Å². The Morgan fingerprint density at radius 3 is 2.42 bits per heavy atom. The molecule has 1 aliphatic heterocycles. The van der Waals surface area contributed by atoms with Crippen LogP contribution >= 0.6 is 0 Å². The smallest absolute Gasteiger partial charge is 0.319 e. The molecule has 2 amide bonds. The first-order valence-corrected chi connectivity index (χ1v) is 8.32. The molecular weight excluding hydrogens is 305 g/mol. The first-order valence-electron chi connectivity index (χ1n) is 8.32. The van der Waals surface area contributed by atoms with Crippen LogP contribution < -0.4 is 10.6 Å². The molecular formula is C19H22FN3O. The Bertz CT molecular complexity index is 671. The number of urea groups is 1. The molecule has 0 aliphatic carbocycles. The van der Waals surface area contributed by atoms with Crippen molar-refractivity contribution in [3.63, 3.8) is 0 Å². The first-order chi connectivity index (χ1) is 11.7. The van der Waals surface area contributed by atoms with E-state index in [1.807, 2.05) is 18.2 Å². The van der Waals surface area contributed by atoms with Gasteiger partial charge in [-0.05, 0) is 43.6 Å². The predicted molar refractivity (Wildman–Crippen MR) is 93.4 cm³/mol. The average Bonchev–Trinajstić information content (AvgIpc) is 3.12. The third-order valence-electron chi connectivity index (χ3n) is 4.34. The van der Waals surface area contributed by atoms with Gasteiger partial charge < -0.3 is 10.6 Å². The largest absolute Gasteiger partial charge is 0.336 e. The Morgan fingerprint density at radius 2 is 1.71 bits per heavy atom. The molecule has 5 heteroatoms. The van der Waals surface area contributed by atoms with Crippen molar-refractivity contribution in [2.24, 2.45) is 0 Å². The fraction of sp³-hybridized carbons (Fsp3) is 0.316. The van der Waals surface area contributed by atoms with Gasteiger partial charge in [0.2, 0.25) is 0 Å². The summed E-state index contributed by atoms with van der Waals surface area (Å²) in [6, 6.07) is 16.1. The second kappa shape index (κ2) is 7.93. The van der Waals surface area contributed by atoms with E-state index in [-0.39, 0.29) is 17.8 Å². The number of likely N-dealkylation sites (tertiary alicyclic amines) is 1. The van der Waals surface area contributed by atoms with Crippen LogP contribution in [0.25, 0.3) is 0 Å². The van der Waals surface area contributed by atoms with Crippen LogP contribution in [0.2, 0.25) is 0 Å². The van der Waals surface area contributed by atoms with Crippen molar-refractivity contribution in [2.75, 3.05) is 25.0 Å². The zero-order valence-electron chi connectivity index (χ0n) is 13.5. The molecule has 1 fully saturated rings. The summed E-state index contributed by atoms with van der Waals surface area (Å²) in [7, 11) is 0. The number of carbonyl (C=O) groups excluding carboxylic acids is 1. The lowest BCUT2D eigenvalue weighted by atomic mass is 10.1. The molecule has 3 rings (SSSR count). The van der Waals surface area contributed by atoms with E-state index in [1.165, 1.54) is 24.5 Å². The number of amides is 2. The molecule has 0 radical (unpaired) electrons. The number of carbonyl (C=O) groups is 1. The molecule has 1 saturated heterocycles. The molecule has 1 aliphatic rings. The molecule has 2 N–H and O–H groups in total. The minimum atomic E-state index is -0.438. The molecule has 126 valence electrons. The van der Waals surface area contributed by atoms with Crippen LogP contribution in [0.4, 0.5) is 14.9 Å². The molecule has 4 nitrogen and oxygen atoms in total. The number of rotatable bonds is 5. The van der Waals surface area contributed by atoms with Crippen LogP contribution in [-0.2, 0) is 0 Å². The lowest BCUT2D eigenvalue weighted by Gasteiger charge is -2.28. The Labute approximate surface area is 141 Å². The quantitative estimate of drug-likeness (QED) is 0.878. The van der Waals surface area contributed by atoms with Crippen molar-refractivity contribution in [3.05, 3.63) is 66.0 Å². The molecule has 0 spiro atoms. The third-order valence-corrected chi connectivity index (χ3v) is 4.34. The highest BCUT2D eigenvalue weighted by Crippen LogP contribution is 2.24. The van der Waals surface area contributed by atoms with Crippen LogP contribution in [-0.4, -0.2) is 30.6 Å². The van der Waals surface area contributed by atoms with Gasteiger partial charge in [-0.3, -0.25) is 4.90 Å². The fourth-order valence-corrected chi connectivity index (χ4v) is 3.10. The van der Waals surface area contributed by atoms with Crippen LogP contribution in [0.15, 0.2) is 54.6 Å². The Balaban J connectivity index is 1.63. The second-order valence-electron chi connectivity index (χ2n) is 5.98. The number of hydrogen-bond acceptors (Lipinski definition) is 2. The summed E-state index contributed by atoms with van der Waals surface area (Å²) < 4.78 is 13.6. The molecule has 0 bridgehead atoms. The summed E-state index contributed by atoms with van der Waals surface area (Å²) in [5.74, 6) is -0.438. The predicted octanol–water partition coefficient (Wildman–Crippen LogP) is 3.78. The number of hydrogen-bond donors (Lipinski definition) is 2. The molecule has 0 saturated carbocycles. The van der Waals surface area contributed by atoms with E-state index in [4.69, 9.17) is 0 Å². The maximum Gasteiger partial charge on any atom is 0.319 e. The van der Waals surface area contributed by atoms with Gasteiger partial charge in [-0.25, -0.2) is 9.18 Å². The molecule has 1 heterocycles. The molecule has 0 unspecified atom stereocenters. The molecule has 24 heavy (non-hydrogen) atoms. The number of anilines is 1. The topological polar surface area (TPSA) is 44.4 Å². The van der Waals surface area contributed by atoms with Gasteiger partial charge in [0, 0.05) is 6.54 Å². The number of benzene rings is 2. The average molecular weight is 327 g/mol. The highest BCUT2D eigenvalue weighted by molar-refractivity contribution is 5.89. The minimum absolute atomic E-state index is 0.139. The summed E-state index contributed by atoms with van der Waals surface area (Å²) in [6.07, 6.45) is 2.37. The van der Waals surface area contributed by atoms with Crippen molar-refractivity contribution < 1.29 is 9.18 Å². The van der Waals surface area contributed by atoms with E-state index in [2.05, 4.69) is 27.7 Å². The maximum atomic E-state index is 13.6. The van der Waals surface area contributed by atoms with E-state index in [1.54, 1.807) is 18.2 Å². The molecule has 0 aromatic heterocycles. The van der Waals surface area contributed by atoms with Crippen molar-refractivity contribution in [2.45, 2.75) is 18.9 Å². The number of nitrogens with one attached hydrogen (secondary N) is 2. The Kier molecular flexibility index (Phi) is 5.43. The van der Waals surface area contributed by atoms with E-state index in [9.17, 15) is 9.18 Å². The second-order valence-corrected chi connectivity index (χ2v) is 5.98. The highest BCUT2D eigenvalue weighted by atomic mass is 19.1. The van der Waals surface area contributed by atoms with Gasteiger partial charge in [0.05, 0.1) is 11.7 Å². The maximum absolute atomic E-state index is 13.6.